The highest BCUT2D eigenvalue weighted by Gasteiger charge is 2.29. The first-order valence-electron chi connectivity index (χ1n) is 3.58. The number of ether oxygens (including phenoxy) is 2. The van der Waals surface area contributed by atoms with Gasteiger partial charge in [-0.3, -0.25) is 5.41 Å². The molecule has 1 unspecified atom stereocenters. The Labute approximate surface area is 68.2 Å². The number of hydrogen-bond acceptors (Lipinski definition) is 3. The molecule has 0 aliphatic carbocycles. The maximum Gasteiger partial charge on any atom is 0.210 e. The van der Waals surface area contributed by atoms with Crippen LogP contribution < -0.4 is 0 Å². The quantitative estimate of drug-likeness (QED) is 0.492. The van der Waals surface area contributed by atoms with Crippen LogP contribution in [0.25, 0.3) is 0 Å². The van der Waals surface area contributed by atoms with E-state index >= 15 is 0 Å². The minimum Gasteiger partial charge on any atom is -0.483 e. The normalized spacial score (nSPS) is 14.3. The molecule has 0 bridgehead atoms. The van der Waals surface area contributed by atoms with Crippen molar-refractivity contribution >= 4 is 5.90 Å². The molecule has 0 aliphatic heterocycles. The van der Waals surface area contributed by atoms with E-state index in [0.29, 0.717) is 0 Å². The molecule has 66 valence electrons. The number of methoxy groups -OCH3 is 2. The van der Waals surface area contributed by atoms with Crippen LogP contribution in [0.1, 0.15) is 20.8 Å². The third-order valence-corrected chi connectivity index (χ3v) is 1.48. The Morgan fingerprint density at radius 2 is 1.73 bits per heavy atom. The highest BCUT2D eigenvalue weighted by molar-refractivity contribution is 5.78. The van der Waals surface area contributed by atoms with E-state index in [4.69, 9.17) is 14.9 Å². The molecular formula is C8H17NO2. The molecule has 1 N–H and O–H groups in total. The van der Waals surface area contributed by atoms with Gasteiger partial charge in [0.05, 0.1) is 7.11 Å². The lowest BCUT2D eigenvalue weighted by Crippen LogP contribution is -2.36. The van der Waals surface area contributed by atoms with Crippen molar-refractivity contribution in [3.63, 3.8) is 0 Å². The molecule has 0 rings (SSSR count). The molecule has 3 heteroatoms. The topological polar surface area (TPSA) is 42.3 Å². The van der Waals surface area contributed by atoms with Gasteiger partial charge in [0.1, 0.15) is 6.10 Å². The van der Waals surface area contributed by atoms with E-state index in [1.54, 1.807) is 7.11 Å². The van der Waals surface area contributed by atoms with Crippen molar-refractivity contribution in [2.24, 2.45) is 5.41 Å². The largest absolute Gasteiger partial charge is 0.483 e. The van der Waals surface area contributed by atoms with Crippen molar-refractivity contribution in [3.8, 4) is 0 Å². The van der Waals surface area contributed by atoms with Gasteiger partial charge in [-0.1, -0.05) is 20.8 Å². The monoisotopic (exact) mass is 159 g/mol. The van der Waals surface area contributed by atoms with E-state index in [1.807, 2.05) is 20.8 Å². The summed E-state index contributed by atoms with van der Waals surface area (Å²) in [5.41, 5.74) is -0.0815. The van der Waals surface area contributed by atoms with Crippen LogP contribution in [-0.4, -0.2) is 26.2 Å². The van der Waals surface area contributed by atoms with Crippen LogP contribution in [0.3, 0.4) is 0 Å². The summed E-state index contributed by atoms with van der Waals surface area (Å²) in [6, 6.07) is 0. The maximum atomic E-state index is 7.40. The Balaban J connectivity index is 4.29. The van der Waals surface area contributed by atoms with Crippen LogP contribution in [0.2, 0.25) is 0 Å². The second-order valence-corrected chi connectivity index (χ2v) is 3.55. The molecule has 0 radical (unpaired) electrons. The van der Waals surface area contributed by atoms with Gasteiger partial charge in [-0.25, -0.2) is 0 Å². The molecule has 0 saturated carbocycles. The van der Waals surface area contributed by atoms with Crippen LogP contribution in [0, 0.1) is 10.8 Å². The van der Waals surface area contributed by atoms with E-state index in [1.165, 1.54) is 7.11 Å². The van der Waals surface area contributed by atoms with Gasteiger partial charge in [0, 0.05) is 7.11 Å². The first kappa shape index (κ1) is 10.4. The summed E-state index contributed by atoms with van der Waals surface area (Å²) in [7, 11) is 3.07. The van der Waals surface area contributed by atoms with E-state index in [9.17, 15) is 0 Å². The molecule has 0 heterocycles. The minimum atomic E-state index is -0.257. The zero-order valence-electron chi connectivity index (χ0n) is 7.89. The molecule has 0 amide bonds. The highest BCUT2D eigenvalue weighted by atomic mass is 16.5. The van der Waals surface area contributed by atoms with E-state index in [0.717, 1.165) is 0 Å². The number of hydrogen-bond donors (Lipinski definition) is 1. The van der Waals surface area contributed by atoms with Crippen LogP contribution in [0.15, 0.2) is 0 Å². The second kappa shape index (κ2) is 3.72. The second-order valence-electron chi connectivity index (χ2n) is 3.55. The third kappa shape index (κ3) is 2.89. The van der Waals surface area contributed by atoms with Gasteiger partial charge in [0.15, 0.2) is 0 Å². The molecule has 0 aromatic heterocycles. The van der Waals surface area contributed by atoms with Crippen LogP contribution >= 0.6 is 0 Å². The minimum absolute atomic E-state index is 0.0815. The van der Waals surface area contributed by atoms with Crippen LogP contribution in [-0.2, 0) is 9.47 Å². The first-order valence-corrected chi connectivity index (χ1v) is 3.58. The van der Waals surface area contributed by atoms with Crippen molar-refractivity contribution in [1.82, 2.24) is 0 Å². The molecule has 0 aromatic carbocycles. The summed E-state index contributed by atoms with van der Waals surface area (Å²) in [6.45, 7) is 6.03. The standard InChI is InChI=1S/C8H17NO2/c1-8(2,3)6(10-4)7(9)11-5/h6,9H,1-5H3. The van der Waals surface area contributed by atoms with Gasteiger partial charge in [-0.2, -0.15) is 0 Å². The average Bonchev–Trinajstić information content (AvgIpc) is 1.86. The molecule has 0 saturated heterocycles. The van der Waals surface area contributed by atoms with Gasteiger partial charge in [-0.15, -0.1) is 0 Å². The molecular weight excluding hydrogens is 142 g/mol. The van der Waals surface area contributed by atoms with Crippen molar-refractivity contribution in [3.05, 3.63) is 0 Å². The van der Waals surface area contributed by atoms with Gasteiger partial charge in [0.2, 0.25) is 5.90 Å². The first-order chi connectivity index (χ1) is 4.93. The smallest absolute Gasteiger partial charge is 0.210 e. The summed E-state index contributed by atoms with van der Waals surface area (Å²) in [5, 5.41) is 7.40. The van der Waals surface area contributed by atoms with Crippen molar-refractivity contribution in [2.45, 2.75) is 26.9 Å². The average molecular weight is 159 g/mol. The fraction of sp³-hybridized carbons (Fsp3) is 0.875. The Morgan fingerprint density at radius 3 is 1.82 bits per heavy atom. The lowest BCUT2D eigenvalue weighted by Gasteiger charge is -2.28. The highest BCUT2D eigenvalue weighted by Crippen LogP contribution is 2.22. The molecule has 11 heavy (non-hydrogen) atoms. The lowest BCUT2D eigenvalue weighted by molar-refractivity contribution is 0.0507. The van der Waals surface area contributed by atoms with E-state index in [2.05, 4.69) is 0 Å². The molecule has 0 spiro atoms. The summed E-state index contributed by atoms with van der Waals surface area (Å²) < 4.78 is 9.91. The molecule has 0 fully saturated rings. The fourth-order valence-electron chi connectivity index (χ4n) is 0.961. The Bertz CT molecular complexity index is 138. The molecule has 0 aromatic rings. The molecule has 0 aliphatic rings. The van der Waals surface area contributed by atoms with Gasteiger partial charge in [-0.05, 0) is 5.41 Å². The third-order valence-electron chi connectivity index (χ3n) is 1.48. The van der Waals surface area contributed by atoms with E-state index in [-0.39, 0.29) is 17.4 Å². The summed E-state index contributed by atoms with van der Waals surface area (Å²) >= 11 is 0. The predicted octanol–water partition coefficient (Wildman–Crippen LogP) is 1.67. The lowest BCUT2D eigenvalue weighted by atomic mass is 9.89. The van der Waals surface area contributed by atoms with Crippen molar-refractivity contribution in [2.75, 3.05) is 14.2 Å². The SMILES string of the molecule is COC(=N)C(OC)C(C)(C)C. The zero-order chi connectivity index (χ0) is 9.07. The summed E-state index contributed by atoms with van der Waals surface area (Å²) in [4.78, 5) is 0. The van der Waals surface area contributed by atoms with Crippen LogP contribution in [0.5, 0.6) is 0 Å². The molecule has 3 nitrogen and oxygen atoms in total. The fourth-order valence-corrected chi connectivity index (χ4v) is 0.961. The Morgan fingerprint density at radius 1 is 1.27 bits per heavy atom. The van der Waals surface area contributed by atoms with E-state index < -0.39 is 0 Å². The van der Waals surface area contributed by atoms with Crippen molar-refractivity contribution < 1.29 is 9.47 Å². The number of rotatable bonds is 2. The number of nitrogens with one attached hydrogen (secondary N) is 1. The zero-order valence-corrected chi connectivity index (χ0v) is 7.89. The van der Waals surface area contributed by atoms with Gasteiger partial charge >= 0.3 is 0 Å². The summed E-state index contributed by atoms with van der Waals surface area (Å²) in [5.74, 6) is 0.181. The van der Waals surface area contributed by atoms with Crippen LogP contribution in [0.4, 0.5) is 0 Å². The van der Waals surface area contributed by atoms with Gasteiger partial charge in [0.25, 0.3) is 0 Å². The van der Waals surface area contributed by atoms with Gasteiger partial charge < -0.3 is 9.47 Å². The predicted molar refractivity (Wildman–Crippen MR) is 45.0 cm³/mol. The summed E-state index contributed by atoms with van der Waals surface area (Å²) in [6.07, 6.45) is -0.257. The molecule has 1 atom stereocenters. The van der Waals surface area contributed by atoms with Crippen molar-refractivity contribution in [1.29, 1.82) is 5.41 Å². The Hall–Kier alpha value is -0.570. The Kier molecular flexibility index (Phi) is 3.52. The maximum absolute atomic E-state index is 7.40.